The highest BCUT2D eigenvalue weighted by Gasteiger charge is 2.30. The standard InChI is InChI=1S/C28H31BrClN5O2S/c1-28(2,3)20-8-10-21(11-9-20)38(36,37)34-14-12-19(13-15-34)17-31-26-16-25(22-6-4-5-7-24(22)30)33-27-23(29)18-32-35(26)27/h4-11,16,18-19,31H,12-15,17H2,1-3H3. The minimum absolute atomic E-state index is 0.0194. The lowest BCUT2D eigenvalue weighted by atomic mass is 9.87. The van der Waals surface area contributed by atoms with E-state index in [1.807, 2.05) is 42.5 Å². The van der Waals surface area contributed by atoms with Gasteiger partial charge in [0.2, 0.25) is 10.0 Å². The highest BCUT2D eigenvalue weighted by atomic mass is 79.9. The second-order valence-electron chi connectivity index (χ2n) is 10.7. The van der Waals surface area contributed by atoms with Gasteiger partial charge in [0.1, 0.15) is 5.82 Å². The summed E-state index contributed by atoms with van der Waals surface area (Å²) in [6, 6.07) is 16.9. The maximum absolute atomic E-state index is 13.3. The fourth-order valence-corrected chi connectivity index (χ4v) is 6.80. The van der Waals surface area contributed by atoms with Crippen LogP contribution in [-0.2, 0) is 15.4 Å². The molecule has 4 aromatic rings. The van der Waals surface area contributed by atoms with Crippen LogP contribution in [0.3, 0.4) is 0 Å². The highest BCUT2D eigenvalue weighted by molar-refractivity contribution is 9.10. The molecule has 3 heterocycles. The van der Waals surface area contributed by atoms with Gasteiger partial charge in [-0.2, -0.15) is 13.9 Å². The largest absolute Gasteiger partial charge is 0.370 e. The fraction of sp³-hybridized carbons (Fsp3) is 0.357. The predicted octanol–water partition coefficient (Wildman–Crippen LogP) is 6.62. The van der Waals surface area contributed by atoms with Crippen LogP contribution in [0.1, 0.15) is 39.2 Å². The number of sulfonamides is 1. The SMILES string of the molecule is CC(C)(C)c1ccc(S(=O)(=O)N2CCC(CNc3cc(-c4ccccc4Cl)nc4c(Br)cnn34)CC2)cc1. The molecule has 38 heavy (non-hydrogen) atoms. The third kappa shape index (κ3) is 5.47. The number of fused-ring (bicyclic) bond motifs is 1. The molecule has 200 valence electrons. The maximum atomic E-state index is 13.3. The summed E-state index contributed by atoms with van der Waals surface area (Å²) in [6.07, 6.45) is 3.28. The minimum atomic E-state index is -3.51. The monoisotopic (exact) mass is 615 g/mol. The summed E-state index contributed by atoms with van der Waals surface area (Å²) in [5.41, 5.74) is 3.40. The molecular formula is C28H31BrClN5O2S. The van der Waals surface area contributed by atoms with Gasteiger partial charge in [0.25, 0.3) is 0 Å². The molecule has 0 amide bonds. The fourth-order valence-electron chi connectivity index (χ4n) is 4.75. The number of halogens is 2. The lowest BCUT2D eigenvalue weighted by Gasteiger charge is -2.31. The molecule has 7 nitrogen and oxygen atoms in total. The molecule has 0 aliphatic carbocycles. The first-order valence-electron chi connectivity index (χ1n) is 12.7. The van der Waals surface area contributed by atoms with Crippen molar-refractivity contribution in [3.05, 3.63) is 75.9 Å². The Morgan fingerprint density at radius 1 is 1.08 bits per heavy atom. The number of anilines is 1. The molecule has 0 bridgehead atoms. The van der Waals surface area contributed by atoms with Gasteiger partial charge in [0.15, 0.2) is 5.65 Å². The molecule has 0 saturated carbocycles. The topological polar surface area (TPSA) is 79.6 Å². The predicted molar refractivity (Wildman–Crippen MR) is 156 cm³/mol. The van der Waals surface area contributed by atoms with E-state index >= 15 is 0 Å². The summed E-state index contributed by atoms with van der Waals surface area (Å²) in [5, 5.41) is 8.63. The number of piperidine rings is 1. The van der Waals surface area contributed by atoms with Crippen LogP contribution in [0, 0.1) is 5.92 Å². The molecule has 1 saturated heterocycles. The van der Waals surface area contributed by atoms with Crippen molar-refractivity contribution in [1.82, 2.24) is 18.9 Å². The molecule has 1 aliphatic heterocycles. The normalized spacial score (nSPS) is 15.7. The summed E-state index contributed by atoms with van der Waals surface area (Å²) in [7, 11) is -3.51. The van der Waals surface area contributed by atoms with Gasteiger partial charge in [-0.3, -0.25) is 0 Å². The quantitative estimate of drug-likeness (QED) is 0.263. The van der Waals surface area contributed by atoms with Crippen molar-refractivity contribution in [2.75, 3.05) is 25.0 Å². The molecule has 1 aliphatic rings. The zero-order valence-corrected chi connectivity index (χ0v) is 24.8. The van der Waals surface area contributed by atoms with Crippen LogP contribution >= 0.6 is 27.5 Å². The second-order valence-corrected chi connectivity index (χ2v) is 13.9. The molecule has 1 fully saturated rings. The van der Waals surface area contributed by atoms with E-state index in [-0.39, 0.29) is 5.41 Å². The van der Waals surface area contributed by atoms with E-state index in [0.29, 0.717) is 41.1 Å². The Morgan fingerprint density at radius 2 is 1.76 bits per heavy atom. The first kappa shape index (κ1) is 27.1. The van der Waals surface area contributed by atoms with Crippen molar-refractivity contribution < 1.29 is 8.42 Å². The number of hydrogen-bond donors (Lipinski definition) is 1. The van der Waals surface area contributed by atoms with Gasteiger partial charge in [-0.25, -0.2) is 13.4 Å². The smallest absolute Gasteiger partial charge is 0.243 e. The first-order chi connectivity index (χ1) is 18.0. The number of aromatic nitrogens is 3. The Bertz CT molecular complexity index is 1560. The number of nitrogens with one attached hydrogen (secondary N) is 1. The van der Waals surface area contributed by atoms with E-state index in [1.54, 1.807) is 27.2 Å². The number of rotatable bonds is 6. The van der Waals surface area contributed by atoms with E-state index in [4.69, 9.17) is 16.6 Å². The van der Waals surface area contributed by atoms with Gasteiger partial charge >= 0.3 is 0 Å². The molecule has 0 unspecified atom stereocenters. The minimum Gasteiger partial charge on any atom is -0.370 e. The second kappa shape index (κ2) is 10.6. The van der Waals surface area contributed by atoms with Crippen LogP contribution < -0.4 is 5.32 Å². The Morgan fingerprint density at radius 3 is 2.42 bits per heavy atom. The third-order valence-electron chi connectivity index (χ3n) is 7.08. The van der Waals surface area contributed by atoms with Crippen molar-refractivity contribution in [3.63, 3.8) is 0 Å². The number of nitrogens with zero attached hydrogens (tertiary/aromatic N) is 4. The zero-order chi connectivity index (χ0) is 27.1. The zero-order valence-electron chi connectivity index (χ0n) is 21.7. The Hall–Kier alpha value is -2.46. The first-order valence-corrected chi connectivity index (χ1v) is 15.3. The summed E-state index contributed by atoms with van der Waals surface area (Å²) in [6.45, 7) is 8.06. The van der Waals surface area contributed by atoms with Gasteiger partial charge in [0, 0.05) is 36.3 Å². The number of hydrogen-bond acceptors (Lipinski definition) is 5. The van der Waals surface area contributed by atoms with Crippen molar-refractivity contribution in [1.29, 1.82) is 0 Å². The molecule has 10 heteroatoms. The summed E-state index contributed by atoms with van der Waals surface area (Å²) >= 11 is 9.99. The Balaban J connectivity index is 1.27. The van der Waals surface area contributed by atoms with Gasteiger partial charge in [-0.1, -0.05) is 62.7 Å². The average Bonchev–Trinajstić information content (AvgIpc) is 3.28. The molecule has 2 aromatic carbocycles. The van der Waals surface area contributed by atoms with E-state index in [0.717, 1.165) is 40.0 Å². The molecular weight excluding hydrogens is 586 g/mol. The van der Waals surface area contributed by atoms with Crippen LogP contribution in [0.4, 0.5) is 5.82 Å². The third-order valence-corrected chi connectivity index (χ3v) is 9.88. The van der Waals surface area contributed by atoms with Crippen LogP contribution in [0.5, 0.6) is 0 Å². The van der Waals surface area contributed by atoms with Gasteiger partial charge in [0.05, 0.1) is 21.3 Å². The van der Waals surface area contributed by atoms with Gasteiger partial charge < -0.3 is 5.32 Å². The molecule has 0 radical (unpaired) electrons. The Kier molecular flexibility index (Phi) is 7.57. The molecule has 2 aromatic heterocycles. The summed E-state index contributed by atoms with van der Waals surface area (Å²) < 4.78 is 30.7. The lowest BCUT2D eigenvalue weighted by Crippen LogP contribution is -2.39. The summed E-state index contributed by atoms with van der Waals surface area (Å²) in [4.78, 5) is 5.12. The van der Waals surface area contributed by atoms with Crippen molar-refractivity contribution in [3.8, 4) is 11.3 Å². The highest BCUT2D eigenvalue weighted by Crippen LogP contribution is 2.31. The number of benzene rings is 2. The van der Waals surface area contributed by atoms with Crippen molar-refractivity contribution >= 4 is 49.0 Å². The van der Waals surface area contributed by atoms with E-state index < -0.39 is 10.0 Å². The van der Waals surface area contributed by atoms with Gasteiger partial charge in [-0.15, -0.1) is 0 Å². The lowest BCUT2D eigenvalue weighted by molar-refractivity contribution is 0.282. The molecule has 5 rings (SSSR count). The van der Waals surface area contributed by atoms with Crippen LogP contribution in [0.25, 0.3) is 16.9 Å². The summed E-state index contributed by atoms with van der Waals surface area (Å²) in [5.74, 6) is 1.14. The van der Waals surface area contributed by atoms with Crippen LogP contribution in [-0.4, -0.2) is 47.0 Å². The van der Waals surface area contributed by atoms with E-state index in [1.165, 1.54) is 0 Å². The van der Waals surface area contributed by atoms with E-state index in [2.05, 4.69) is 47.1 Å². The van der Waals surface area contributed by atoms with Crippen LogP contribution in [0.2, 0.25) is 5.02 Å². The van der Waals surface area contributed by atoms with Crippen LogP contribution in [0.15, 0.2) is 70.2 Å². The van der Waals surface area contributed by atoms with E-state index in [9.17, 15) is 8.42 Å². The van der Waals surface area contributed by atoms with Gasteiger partial charge in [-0.05, 0) is 63.9 Å². The average molecular weight is 617 g/mol. The molecule has 0 atom stereocenters. The van der Waals surface area contributed by atoms with Crippen molar-refractivity contribution in [2.24, 2.45) is 5.92 Å². The molecule has 1 N–H and O–H groups in total. The maximum Gasteiger partial charge on any atom is 0.243 e. The van der Waals surface area contributed by atoms with Crippen molar-refractivity contribution in [2.45, 2.75) is 43.9 Å². The molecule has 0 spiro atoms. The Labute approximate surface area is 237 Å².